The number of urea groups is 1. The van der Waals surface area contributed by atoms with Crippen LogP contribution < -0.4 is 5.32 Å². The Morgan fingerprint density at radius 3 is 2.52 bits per heavy atom. The summed E-state index contributed by atoms with van der Waals surface area (Å²) in [4.78, 5) is 16.6. The van der Waals surface area contributed by atoms with E-state index in [1.807, 2.05) is 55.6 Å². The Labute approximate surface area is 149 Å². The van der Waals surface area contributed by atoms with Crippen LogP contribution in [0.15, 0.2) is 54.6 Å². The molecule has 3 rings (SSSR count). The molecule has 1 N–H and O–H groups in total. The lowest BCUT2D eigenvalue weighted by molar-refractivity contribution is 0.0342. The number of morpholine rings is 1. The van der Waals surface area contributed by atoms with E-state index in [2.05, 4.69) is 16.3 Å². The van der Waals surface area contributed by atoms with Crippen LogP contribution in [-0.2, 0) is 17.8 Å². The molecule has 0 aromatic heterocycles. The molecule has 0 saturated carbocycles. The molecule has 5 nitrogen and oxygen atoms in total. The minimum Gasteiger partial charge on any atom is -0.379 e. The van der Waals surface area contributed by atoms with Gasteiger partial charge in [-0.15, -0.1) is 0 Å². The van der Waals surface area contributed by atoms with Gasteiger partial charge in [0, 0.05) is 38.9 Å². The van der Waals surface area contributed by atoms with Gasteiger partial charge in [-0.1, -0.05) is 48.5 Å². The monoisotopic (exact) mass is 339 g/mol. The number of benzene rings is 2. The number of carbonyl (C=O) groups is 1. The summed E-state index contributed by atoms with van der Waals surface area (Å²) in [6.07, 6.45) is 0. The first-order valence-electron chi connectivity index (χ1n) is 8.66. The first-order chi connectivity index (χ1) is 12.2. The Balaban J connectivity index is 1.62. The molecular formula is C20H25N3O2. The SMILES string of the molecule is CN(Cc1ccccc1)C(=O)Nc1ccccc1CN1CCOCC1. The van der Waals surface area contributed by atoms with E-state index in [-0.39, 0.29) is 6.03 Å². The van der Waals surface area contributed by atoms with Crippen LogP contribution in [0.25, 0.3) is 0 Å². The fraction of sp³-hybridized carbons (Fsp3) is 0.350. The Morgan fingerprint density at radius 1 is 1.08 bits per heavy atom. The molecule has 1 aliphatic heterocycles. The number of carbonyl (C=O) groups excluding carboxylic acids is 1. The number of amides is 2. The number of ether oxygens (including phenoxy) is 1. The smallest absolute Gasteiger partial charge is 0.321 e. The first kappa shape index (κ1) is 17.5. The molecule has 2 aromatic rings. The molecule has 1 heterocycles. The maximum Gasteiger partial charge on any atom is 0.321 e. The van der Waals surface area contributed by atoms with Gasteiger partial charge in [0.25, 0.3) is 0 Å². The van der Waals surface area contributed by atoms with Crippen LogP contribution >= 0.6 is 0 Å². The summed E-state index contributed by atoms with van der Waals surface area (Å²) in [5, 5.41) is 3.05. The molecule has 0 radical (unpaired) electrons. The zero-order valence-corrected chi connectivity index (χ0v) is 14.6. The third-order valence-electron chi connectivity index (χ3n) is 4.37. The van der Waals surface area contributed by atoms with Crippen molar-refractivity contribution in [3.05, 3.63) is 65.7 Å². The number of anilines is 1. The van der Waals surface area contributed by atoms with E-state index in [0.717, 1.165) is 49.7 Å². The van der Waals surface area contributed by atoms with Crippen molar-refractivity contribution in [1.82, 2.24) is 9.80 Å². The predicted octanol–water partition coefficient (Wildman–Crippen LogP) is 3.18. The van der Waals surface area contributed by atoms with Crippen LogP contribution in [-0.4, -0.2) is 49.2 Å². The average Bonchev–Trinajstić information content (AvgIpc) is 2.65. The van der Waals surface area contributed by atoms with E-state index in [4.69, 9.17) is 4.74 Å². The van der Waals surface area contributed by atoms with Crippen molar-refractivity contribution in [3.63, 3.8) is 0 Å². The Hall–Kier alpha value is -2.37. The number of rotatable bonds is 5. The van der Waals surface area contributed by atoms with E-state index in [1.165, 1.54) is 0 Å². The van der Waals surface area contributed by atoms with Crippen LogP contribution in [0.2, 0.25) is 0 Å². The van der Waals surface area contributed by atoms with Crippen molar-refractivity contribution in [1.29, 1.82) is 0 Å². The van der Waals surface area contributed by atoms with Gasteiger partial charge in [0.2, 0.25) is 0 Å². The van der Waals surface area contributed by atoms with Crippen molar-refractivity contribution in [2.24, 2.45) is 0 Å². The van der Waals surface area contributed by atoms with E-state index >= 15 is 0 Å². The molecule has 0 atom stereocenters. The van der Waals surface area contributed by atoms with Gasteiger partial charge in [0.15, 0.2) is 0 Å². The van der Waals surface area contributed by atoms with E-state index in [0.29, 0.717) is 6.54 Å². The summed E-state index contributed by atoms with van der Waals surface area (Å²) in [7, 11) is 1.81. The minimum absolute atomic E-state index is 0.0988. The van der Waals surface area contributed by atoms with Gasteiger partial charge in [0.05, 0.1) is 13.2 Å². The highest BCUT2D eigenvalue weighted by Crippen LogP contribution is 2.18. The molecule has 1 fully saturated rings. The van der Waals surface area contributed by atoms with Crippen molar-refractivity contribution < 1.29 is 9.53 Å². The zero-order chi connectivity index (χ0) is 17.5. The van der Waals surface area contributed by atoms with Crippen molar-refractivity contribution in [2.75, 3.05) is 38.7 Å². The molecule has 1 saturated heterocycles. The average molecular weight is 339 g/mol. The fourth-order valence-electron chi connectivity index (χ4n) is 2.92. The zero-order valence-electron chi connectivity index (χ0n) is 14.6. The molecule has 25 heavy (non-hydrogen) atoms. The summed E-state index contributed by atoms with van der Waals surface area (Å²) in [6.45, 7) is 4.80. The summed E-state index contributed by atoms with van der Waals surface area (Å²) in [5.41, 5.74) is 3.12. The van der Waals surface area contributed by atoms with Gasteiger partial charge >= 0.3 is 6.03 Å². The second-order valence-corrected chi connectivity index (χ2v) is 6.32. The highest BCUT2D eigenvalue weighted by molar-refractivity contribution is 5.90. The summed E-state index contributed by atoms with van der Waals surface area (Å²) < 4.78 is 5.40. The molecular weight excluding hydrogens is 314 g/mol. The lowest BCUT2D eigenvalue weighted by atomic mass is 10.1. The Bertz CT molecular complexity index is 684. The lowest BCUT2D eigenvalue weighted by Crippen LogP contribution is -2.36. The van der Waals surface area contributed by atoms with Gasteiger partial charge in [-0.05, 0) is 17.2 Å². The second-order valence-electron chi connectivity index (χ2n) is 6.32. The highest BCUT2D eigenvalue weighted by atomic mass is 16.5. The first-order valence-corrected chi connectivity index (χ1v) is 8.66. The van der Waals surface area contributed by atoms with Crippen molar-refractivity contribution in [3.8, 4) is 0 Å². The van der Waals surface area contributed by atoms with Gasteiger partial charge < -0.3 is 15.0 Å². The van der Waals surface area contributed by atoms with Crippen molar-refractivity contribution in [2.45, 2.75) is 13.1 Å². The largest absolute Gasteiger partial charge is 0.379 e. The minimum atomic E-state index is -0.0988. The van der Waals surface area contributed by atoms with Crippen LogP contribution in [0, 0.1) is 0 Å². The standard InChI is InChI=1S/C20H25N3O2/c1-22(15-17-7-3-2-4-8-17)20(24)21-19-10-6-5-9-18(19)16-23-11-13-25-14-12-23/h2-10H,11-16H2,1H3,(H,21,24). The number of para-hydroxylation sites is 1. The van der Waals surface area contributed by atoms with Crippen molar-refractivity contribution >= 4 is 11.7 Å². The third-order valence-corrected chi connectivity index (χ3v) is 4.37. The number of nitrogens with one attached hydrogen (secondary N) is 1. The van der Waals surface area contributed by atoms with E-state index in [1.54, 1.807) is 4.90 Å². The molecule has 2 aromatic carbocycles. The van der Waals surface area contributed by atoms with Gasteiger partial charge in [-0.25, -0.2) is 4.79 Å². The molecule has 0 spiro atoms. The van der Waals surface area contributed by atoms with Crippen LogP contribution in [0.1, 0.15) is 11.1 Å². The third kappa shape index (κ3) is 5.05. The van der Waals surface area contributed by atoms with E-state index in [9.17, 15) is 4.79 Å². The van der Waals surface area contributed by atoms with Crippen LogP contribution in [0.3, 0.4) is 0 Å². The predicted molar refractivity (Wildman–Crippen MR) is 99.5 cm³/mol. The fourth-order valence-corrected chi connectivity index (χ4v) is 2.92. The number of hydrogen-bond donors (Lipinski definition) is 1. The maximum atomic E-state index is 12.5. The van der Waals surface area contributed by atoms with Crippen LogP contribution in [0.5, 0.6) is 0 Å². The maximum absolute atomic E-state index is 12.5. The lowest BCUT2D eigenvalue weighted by Gasteiger charge is -2.27. The van der Waals surface area contributed by atoms with Gasteiger partial charge in [-0.2, -0.15) is 0 Å². The normalized spacial score (nSPS) is 14.9. The Kier molecular flexibility index (Phi) is 6.04. The number of nitrogens with zero attached hydrogens (tertiary/aromatic N) is 2. The van der Waals surface area contributed by atoms with Crippen LogP contribution in [0.4, 0.5) is 10.5 Å². The summed E-state index contributed by atoms with van der Waals surface area (Å²) in [5.74, 6) is 0. The molecule has 5 heteroatoms. The molecule has 132 valence electrons. The summed E-state index contributed by atoms with van der Waals surface area (Å²) in [6, 6.07) is 17.9. The topological polar surface area (TPSA) is 44.8 Å². The summed E-state index contributed by atoms with van der Waals surface area (Å²) >= 11 is 0. The van der Waals surface area contributed by atoms with E-state index < -0.39 is 0 Å². The molecule has 0 unspecified atom stereocenters. The second kappa shape index (κ2) is 8.65. The van der Waals surface area contributed by atoms with Gasteiger partial charge in [-0.3, -0.25) is 4.90 Å². The molecule has 1 aliphatic rings. The number of hydrogen-bond acceptors (Lipinski definition) is 3. The molecule has 2 amide bonds. The van der Waals surface area contributed by atoms with Gasteiger partial charge in [0.1, 0.15) is 0 Å². The quantitative estimate of drug-likeness (QED) is 0.910. The Morgan fingerprint density at radius 2 is 1.76 bits per heavy atom. The molecule has 0 aliphatic carbocycles. The highest BCUT2D eigenvalue weighted by Gasteiger charge is 2.15. The molecule has 0 bridgehead atoms.